The number of para-hydroxylation sites is 1. The quantitative estimate of drug-likeness (QED) is 0.245. The monoisotopic (exact) mass is 686 g/mol. The molecule has 8 rings (SSSR count). The number of nitrogens with one attached hydrogen (secondary N) is 1. The molecular formula is C37H35FN10O3. The van der Waals surface area contributed by atoms with Gasteiger partial charge in [-0.2, -0.15) is 0 Å². The summed E-state index contributed by atoms with van der Waals surface area (Å²) in [5, 5.41) is 17.1. The number of aryl methyl sites for hydroxylation is 1. The fraction of sp³-hybridized carbons (Fsp3) is 0.270. The second-order valence-electron chi connectivity index (χ2n) is 12.6. The van der Waals surface area contributed by atoms with Gasteiger partial charge in [-0.1, -0.05) is 35.6 Å². The molecule has 6 heterocycles. The molecule has 6 aromatic rings. The van der Waals surface area contributed by atoms with Crippen LogP contribution in [0.25, 0.3) is 39.1 Å². The molecule has 2 aliphatic heterocycles. The van der Waals surface area contributed by atoms with Crippen molar-refractivity contribution in [3.05, 3.63) is 102 Å². The van der Waals surface area contributed by atoms with E-state index in [1.807, 2.05) is 59.2 Å². The van der Waals surface area contributed by atoms with Gasteiger partial charge in [0.05, 0.1) is 25.4 Å². The first-order valence-electron chi connectivity index (χ1n) is 16.9. The van der Waals surface area contributed by atoms with Crippen LogP contribution in [0.5, 0.6) is 5.75 Å². The molecule has 0 fully saturated rings. The smallest absolute Gasteiger partial charge is 0.270 e. The van der Waals surface area contributed by atoms with Crippen molar-refractivity contribution in [2.24, 2.45) is 0 Å². The molecule has 2 aromatic carbocycles. The average Bonchev–Trinajstić information content (AvgIpc) is 3.93. The highest BCUT2D eigenvalue weighted by atomic mass is 19.1. The molecule has 14 heteroatoms. The van der Waals surface area contributed by atoms with E-state index < -0.39 is 5.82 Å². The Morgan fingerprint density at radius 3 is 2.65 bits per heavy atom. The Hall–Kier alpha value is -6.18. The summed E-state index contributed by atoms with van der Waals surface area (Å²) in [6.07, 6.45) is 8.35. The molecule has 0 atom stereocenters. The normalized spacial score (nSPS) is 14.7. The van der Waals surface area contributed by atoms with Crippen molar-refractivity contribution in [3.63, 3.8) is 0 Å². The second-order valence-corrected chi connectivity index (χ2v) is 12.6. The maximum atomic E-state index is 16.7. The molecule has 0 bridgehead atoms. The minimum atomic E-state index is -0.479. The van der Waals surface area contributed by atoms with E-state index in [1.54, 1.807) is 46.2 Å². The van der Waals surface area contributed by atoms with E-state index in [2.05, 4.69) is 30.5 Å². The zero-order valence-corrected chi connectivity index (χ0v) is 28.0. The Bertz CT molecular complexity index is 2260. The molecule has 0 spiro atoms. The predicted molar refractivity (Wildman–Crippen MR) is 187 cm³/mol. The van der Waals surface area contributed by atoms with Gasteiger partial charge >= 0.3 is 0 Å². The van der Waals surface area contributed by atoms with Crippen molar-refractivity contribution < 1.29 is 18.7 Å². The van der Waals surface area contributed by atoms with Crippen molar-refractivity contribution in [1.29, 1.82) is 0 Å². The number of fused-ring (bicyclic) bond motifs is 2. The van der Waals surface area contributed by atoms with Gasteiger partial charge in [-0.3, -0.25) is 19.3 Å². The number of rotatable bonds is 8. The molecule has 0 aliphatic carbocycles. The van der Waals surface area contributed by atoms with Crippen LogP contribution in [0.15, 0.2) is 79.3 Å². The minimum Gasteiger partial charge on any atom is -0.496 e. The van der Waals surface area contributed by atoms with Crippen molar-refractivity contribution in [1.82, 2.24) is 49.5 Å². The second kappa shape index (κ2) is 13.6. The lowest BCUT2D eigenvalue weighted by Crippen LogP contribution is -2.36. The Kier molecular flexibility index (Phi) is 8.56. The van der Waals surface area contributed by atoms with Crippen LogP contribution in [0, 0.1) is 5.82 Å². The Balaban J connectivity index is 1.11. The van der Waals surface area contributed by atoms with E-state index in [0.717, 1.165) is 11.4 Å². The number of hydrogen-bond donors (Lipinski definition) is 1. The van der Waals surface area contributed by atoms with Gasteiger partial charge in [0.15, 0.2) is 11.6 Å². The summed E-state index contributed by atoms with van der Waals surface area (Å²) in [5.41, 5.74) is 3.76. The Labute approximate surface area is 292 Å². The van der Waals surface area contributed by atoms with Crippen LogP contribution in [-0.2, 0) is 24.3 Å². The third-order valence-electron chi connectivity index (χ3n) is 9.56. The number of aromatic amines is 1. The Morgan fingerprint density at radius 2 is 1.82 bits per heavy atom. The lowest BCUT2D eigenvalue weighted by atomic mass is 9.93. The molecule has 0 saturated carbocycles. The third-order valence-corrected chi connectivity index (χ3v) is 9.56. The molecule has 0 saturated heterocycles. The molecule has 51 heavy (non-hydrogen) atoms. The number of carbonyl (C=O) groups is 2. The fourth-order valence-corrected chi connectivity index (χ4v) is 6.95. The van der Waals surface area contributed by atoms with Crippen LogP contribution in [0.1, 0.15) is 34.7 Å². The largest absolute Gasteiger partial charge is 0.496 e. The maximum absolute atomic E-state index is 16.7. The summed E-state index contributed by atoms with van der Waals surface area (Å²) in [6, 6.07) is 16.7. The SMILES string of the molecule is COc1ccccc1-c1cc(C2=CCCN(C(=O)CCn3ccnn3)C2)c(F)c2[nH]c(C(=O)N3CCc4nnc(-c5ccccn5)n4CC3)cc12. The number of ether oxygens (including phenoxy) is 1. The highest BCUT2D eigenvalue weighted by Crippen LogP contribution is 2.40. The average molecular weight is 687 g/mol. The molecule has 0 radical (unpaired) electrons. The highest BCUT2D eigenvalue weighted by molar-refractivity contribution is 6.05. The van der Waals surface area contributed by atoms with Crippen molar-refractivity contribution in [2.75, 3.05) is 33.3 Å². The van der Waals surface area contributed by atoms with Gasteiger partial charge in [-0.15, -0.1) is 15.3 Å². The molecule has 2 amide bonds. The minimum absolute atomic E-state index is 0.0439. The summed E-state index contributed by atoms with van der Waals surface area (Å²) in [5.74, 6) is 1.30. The van der Waals surface area contributed by atoms with Gasteiger partial charge in [0.1, 0.15) is 23.0 Å². The number of pyridine rings is 1. The van der Waals surface area contributed by atoms with E-state index >= 15 is 4.39 Å². The van der Waals surface area contributed by atoms with Crippen molar-refractivity contribution in [3.8, 4) is 28.4 Å². The number of H-pyrrole nitrogens is 1. The lowest BCUT2D eigenvalue weighted by Gasteiger charge is -2.28. The number of benzene rings is 2. The van der Waals surface area contributed by atoms with Crippen LogP contribution < -0.4 is 4.74 Å². The summed E-state index contributed by atoms with van der Waals surface area (Å²) in [6.45, 7) is 2.55. The summed E-state index contributed by atoms with van der Waals surface area (Å²) < 4.78 is 26.1. The first kappa shape index (κ1) is 32.0. The van der Waals surface area contributed by atoms with E-state index in [4.69, 9.17) is 4.74 Å². The summed E-state index contributed by atoms with van der Waals surface area (Å²) in [7, 11) is 1.60. The van der Waals surface area contributed by atoms with Gasteiger partial charge in [0, 0.05) is 74.5 Å². The predicted octanol–water partition coefficient (Wildman–Crippen LogP) is 4.63. The lowest BCUT2D eigenvalue weighted by molar-refractivity contribution is -0.131. The fourth-order valence-electron chi connectivity index (χ4n) is 6.95. The molecule has 258 valence electrons. The molecule has 2 aliphatic rings. The zero-order chi connectivity index (χ0) is 34.9. The third kappa shape index (κ3) is 6.13. The topological polar surface area (TPSA) is 140 Å². The van der Waals surface area contributed by atoms with Gasteiger partial charge in [-0.05, 0) is 47.9 Å². The van der Waals surface area contributed by atoms with E-state index in [0.29, 0.717) is 84.9 Å². The number of carbonyl (C=O) groups excluding carboxylic acids is 2. The molecule has 13 nitrogen and oxygen atoms in total. The highest BCUT2D eigenvalue weighted by Gasteiger charge is 2.28. The number of amides is 2. The van der Waals surface area contributed by atoms with E-state index in [9.17, 15) is 9.59 Å². The van der Waals surface area contributed by atoms with Gasteiger partial charge in [0.25, 0.3) is 5.91 Å². The number of hydrogen-bond acceptors (Lipinski definition) is 8. The van der Waals surface area contributed by atoms with Gasteiger partial charge in [-0.25, -0.2) is 4.39 Å². The van der Waals surface area contributed by atoms with Crippen molar-refractivity contribution >= 4 is 28.3 Å². The van der Waals surface area contributed by atoms with Crippen LogP contribution in [-0.4, -0.2) is 94.6 Å². The summed E-state index contributed by atoms with van der Waals surface area (Å²) in [4.78, 5) is 38.4. The number of methoxy groups -OCH3 is 1. The van der Waals surface area contributed by atoms with Gasteiger partial charge < -0.3 is 24.1 Å². The Morgan fingerprint density at radius 1 is 0.941 bits per heavy atom. The number of aromatic nitrogens is 8. The van der Waals surface area contributed by atoms with Gasteiger partial charge in [0.2, 0.25) is 5.91 Å². The molecular weight excluding hydrogens is 651 g/mol. The van der Waals surface area contributed by atoms with Crippen molar-refractivity contribution in [2.45, 2.75) is 32.4 Å². The van der Waals surface area contributed by atoms with Crippen LogP contribution in [0.2, 0.25) is 0 Å². The maximum Gasteiger partial charge on any atom is 0.270 e. The molecule has 0 unspecified atom stereocenters. The standard InChI is InChI=1S/C37H35FN10O3/c1-51-31-10-3-2-8-25(31)27-21-26(24-7-6-15-46(23-24)33(49)12-17-47-18-14-40-44-47)34(38)35-28(27)22-30(41-35)37(50)45-16-11-32-42-43-36(48(32)20-19-45)29-9-4-5-13-39-29/h2-5,7-10,13-14,18,21-22,41H,6,11-12,15-17,19-20,23H2,1H3. The molecule has 4 aromatic heterocycles. The summed E-state index contributed by atoms with van der Waals surface area (Å²) >= 11 is 0. The molecule has 1 N–H and O–H groups in total. The zero-order valence-electron chi connectivity index (χ0n) is 28.0. The number of nitrogens with zero attached hydrogens (tertiary/aromatic N) is 9. The number of halogens is 1. The van der Waals surface area contributed by atoms with E-state index in [-0.39, 0.29) is 36.0 Å². The first-order valence-corrected chi connectivity index (χ1v) is 16.9. The first-order chi connectivity index (χ1) is 25.0. The van der Waals surface area contributed by atoms with Crippen LogP contribution >= 0.6 is 0 Å². The van der Waals surface area contributed by atoms with E-state index in [1.165, 1.54) is 0 Å². The van der Waals surface area contributed by atoms with Crippen LogP contribution in [0.4, 0.5) is 4.39 Å². The van der Waals surface area contributed by atoms with Crippen LogP contribution in [0.3, 0.4) is 0 Å².